The lowest BCUT2D eigenvalue weighted by Gasteiger charge is -2.18. The third-order valence-corrected chi connectivity index (χ3v) is 4.26. The molecule has 1 heterocycles. The van der Waals surface area contributed by atoms with Crippen LogP contribution in [0.15, 0.2) is 24.3 Å². The highest BCUT2D eigenvalue weighted by Gasteiger charge is 2.21. The van der Waals surface area contributed by atoms with E-state index in [1.54, 1.807) is 0 Å². The molecule has 0 saturated carbocycles. The lowest BCUT2D eigenvalue weighted by molar-refractivity contribution is 0.540. The van der Waals surface area contributed by atoms with Crippen molar-refractivity contribution in [1.29, 1.82) is 0 Å². The van der Waals surface area contributed by atoms with Gasteiger partial charge in [0, 0.05) is 11.3 Å². The Balaban J connectivity index is 2.34. The first-order valence-corrected chi connectivity index (χ1v) is 6.81. The number of benzene rings is 1. The number of thioether (sulfide) groups is 1. The quantitative estimate of drug-likeness (QED) is 0.820. The van der Waals surface area contributed by atoms with Gasteiger partial charge < -0.3 is 5.32 Å². The smallest absolute Gasteiger partial charge is 0.0331 e. The van der Waals surface area contributed by atoms with Crippen LogP contribution in [0, 0.1) is 0 Å². The molecule has 2 unspecified atom stereocenters. The minimum absolute atomic E-state index is 0.559. The van der Waals surface area contributed by atoms with Crippen LogP contribution in [0.1, 0.15) is 42.7 Å². The van der Waals surface area contributed by atoms with Crippen molar-refractivity contribution < 1.29 is 0 Å². The summed E-state index contributed by atoms with van der Waals surface area (Å²) in [4.78, 5) is 0. The summed E-state index contributed by atoms with van der Waals surface area (Å²) in [5.41, 5.74) is 3.03. The highest BCUT2D eigenvalue weighted by atomic mass is 32.2. The fourth-order valence-corrected chi connectivity index (χ4v) is 3.38. The Kier molecular flexibility index (Phi) is 3.71. The summed E-state index contributed by atoms with van der Waals surface area (Å²) in [6.07, 6.45) is 1.25. The molecule has 1 aliphatic heterocycles. The van der Waals surface area contributed by atoms with Crippen molar-refractivity contribution in [2.45, 2.75) is 31.6 Å². The van der Waals surface area contributed by atoms with E-state index in [1.165, 1.54) is 23.3 Å². The molecular weight excluding hydrogens is 202 g/mol. The lowest BCUT2D eigenvalue weighted by atomic mass is 9.97. The molecule has 0 spiro atoms. The molecule has 1 aromatic carbocycles. The molecule has 0 amide bonds. The molecule has 0 aliphatic carbocycles. The van der Waals surface area contributed by atoms with Gasteiger partial charge in [0.2, 0.25) is 0 Å². The SMILES string of the molecule is CCNC1CCSC(C)c2ccccc21. The third-order valence-electron chi connectivity index (χ3n) is 3.03. The van der Waals surface area contributed by atoms with Crippen molar-refractivity contribution >= 4 is 11.8 Å². The Morgan fingerprint density at radius 2 is 2.07 bits per heavy atom. The molecule has 2 atom stereocenters. The molecule has 0 aromatic heterocycles. The zero-order chi connectivity index (χ0) is 10.7. The molecule has 1 N–H and O–H groups in total. The Bertz CT molecular complexity index is 324. The molecule has 1 aromatic rings. The van der Waals surface area contributed by atoms with Crippen LogP contribution in [0.2, 0.25) is 0 Å². The molecule has 82 valence electrons. The minimum atomic E-state index is 0.559. The van der Waals surface area contributed by atoms with Gasteiger partial charge in [-0.15, -0.1) is 0 Å². The van der Waals surface area contributed by atoms with E-state index < -0.39 is 0 Å². The number of hydrogen-bond acceptors (Lipinski definition) is 2. The lowest BCUT2D eigenvalue weighted by Crippen LogP contribution is -2.21. The number of nitrogens with one attached hydrogen (secondary N) is 1. The first-order valence-electron chi connectivity index (χ1n) is 5.76. The molecule has 0 bridgehead atoms. The van der Waals surface area contributed by atoms with Crippen LogP contribution >= 0.6 is 11.8 Å². The van der Waals surface area contributed by atoms with Crippen molar-refractivity contribution in [3.05, 3.63) is 35.4 Å². The van der Waals surface area contributed by atoms with Crippen LogP contribution in [-0.4, -0.2) is 12.3 Å². The van der Waals surface area contributed by atoms with E-state index in [0.29, 0.717) is 11.3 Å². The molecule has 1 aliphatic rings. The predicted octanol–water partition coefficient (Wildman–Crippen LogP) is 3.54. The second-order valence-electron chi connectivity index (χ2n) is 4.04. The van der Waals surface area contributed by atoms with E-state index >= 15 is 0 Å². The van der Waals surface area contributed by atoms with Crippen LogP contribution in [0.3, 0.4) is 0 Å². The van der Waals surface area contributed by atoms with E-state index in [4.69, 9.17) is 0 Å². The first-order chi connectivity index (χ1) is 7.33. The largest absolute Gasteiger partial charge is 0.310 e. The Morgan fingerprint density at radius 1 is 1.33 bits per heavy atom. The van der Waals surface area contributed by atoms with Gasteiger partial charge in [0.25, 0.3) is 0 Å². The van der Waals surface area contributed by atoms with E-state index in [-0.39, 0.29) is 0 Å². The molecule has 2 heteroatoms. The van der Waals surface area contributed by atoms with Gasteiger partial charge in [-0.3, -0.25) is 0 Å². The standard InChI is InChI=1S/C13H19NS/c1-3-14-13-8-9-15-10(2)11-6-4-5-7-12(11)13/h4-7,10,13-14H,3,8-9H2,1-2H3. The fraction of sp³-hybridized carbons (Fsp3) is 0.538. The number of hydrogen-bond donors (Lipinski definition) is 1. The molecule has 0 fully saturated rings. The first kappa shape index (κ1) is 11.0. The van der Waals surface area contributed by atoms with E-state index in [9.17, 15) is 0 Å². The van der Waals surface area contributed by atoms with Gasteiger partial charge in [-0.25, -0.2) is 0 Å². The number of rotatable bonds is 2. The maximum absolute atomic E-state index is 3.59. The maximum Gasteiger partial charge on any atom is 0.0331 e. The van der Waals surface area contributed by atoms with Gasteiger partial charge in [0.15, 0.2) is 0 Å². The van der Waals surface area contributed by atoms with Gasteiger partial charge >= 0.3 is 0 Å². The van der Waals surface area contributed by atoms with E-state index in [0.717, 1.165) is 6.54 Å². The predicted molar refractivity (Wildman–Crippen MR) is 68.3 cm³/mol. The van der Waals surface area contributed by atoms with Crippen LogP contribution in [0.25, 0.3) is 0 Å². The van der Waals surface area contributed by atoms with Gasteiger partial charge in [0.05, 0.1) is 0 Å². The Labute approximate surface area is 96.7 Å². The van der Waals surface area contributed by atoms with Gasteiger partial charge in [-0.1, -0.05) is 31.2 Å². The normalized spacial score (nSPS) is 25.7. The minimum Gasteiger partial charge on any atom is -0.310 e. The van der Waals surface area contributed by atoms with Crippen molar-refractivity contribution in [2.24, 2.45) is 0 Å². The second-order valence-corrected chi connectivity index (χ2v) is 5.49. The maximum atomic E-state index is 3.59. The highest BCUT2D eigenvalue weighted by Crippen LogP contribution is 2.38. The van der Waals surface area contributed by atoms with Crippen molar-refractivity contribution in [1.82, 2.24) is 5.32 Å². The third kappa shape index (κ3) is 2.37. The van der Waals surface area contributed by atoms with Crippen LogP contribution in [0.5, 0.6) is 0 Å². The Hall–Kier alpha value is -0.470. The summed E-state index contributed by atoms with van der Waals surface area (Å²) in [7, 11) is 0. The molecule has 0 radical (unpaired) electrons. The summed E-state index contributed by atoms with van der Waals surface area (Å²) in [5.74, 6) is 1.26. The summed E-state index contributed by atoms with van der Waals surface area (Å²) in [6, 6.07) is 9.44. The van der Waals surface area contributed by atoms with E-state index in [1.807, 2.05) is 0 Å². The highest BCUT2D eigenvalue weighted by molar-refractivity contribution is 7.99. The van der Waals surface area contributed by atoms with Crippen LogP contribution in [0.4, 0.5) is 0 Å². The van der Waals surface area contributed by atoms with E-state index in [2.05, 4.69) is 55.2 Å². The summed E-state index contributed by atoms with van der Waals surface area (Å²) in [5, 5.41) is 4.23. The van der Waals surface area contributed by atoms with Gasteiger partial charge in [-0.05, 0) is 36.8 Å². The average Bonchev–Trinajstić information content (AvgIpc) is 2.41. The van der Waals surface area contributed by atoms with Gasteiger partial charge in [0.1, 0.15) is 0 Å². The average molecular weight is 221 g/mol. The van der Waals surface area contributed by atoms with Crippen molar-refractivity contribution in [3.63, 3.8) is 0 Å². The zero-order valence-electron chi connectivity index (χ0n) is 9.49. The Morgan fingerprint density at radius 3 is 2.80 bits per heavy atom. The van der Waals surface area contributed by atoms with Crippen LogP contribution < -0.4 is 5.32 Å². The second kappa shape index (κ2) is 5.04. The molecular formula is C13H19NS. The molecule has 15 heavy (non-hydrogen) atoms. The van der Waals surface area contributed by atoms with Crippen LogP contribution in [-0.2, 0) is 0 Å². The monoisotopic (exact) mass is 221 g/mol. The van der Waals surface area contributed by atoms with Crippen molar-refractivity contribution in [3.8, 4) is 0 Å². The summed E-state index contributed by atoms with van der Waals surface area (Å²) >= 11 is 2.07. The van der Waals surface area contributed by atoms with Gasteiger partial charge in [-0.2, -0.15) is 11.8 Å². The zero-order valence-corrected chi connectivity index (χ0v) is 10.3. The topological polar surface area (TPSA) is 12.0 Å². The molecule has 0 saturated heterocycles. The molecule has 2 rings (SSSR count). The summed E-state index contributed by atoms with van der Waals surface area (Å²) < 4.78 is 0. The van der Waals surface area contributed by atoms with Crippen molar-refractivity contribution in [2.75, 3.05) is 12.3 Å². The number of fused-ring (bicyclic) bond motifs is 1. The fourth-order valence-electron chi connectivity index (χ4n) is 2.26. The summed E-state index contributed by atoms with van der Waals surface area (Å²) in [6.45, 7) is 5.56. The molecule has 1 nitrogen and oxygen atoms in total.